The second-order valence-corrected chi connectivity index (χ2v) is 6.73. The third-order valence-corrected chi connectivity index (χ3v) is 5.00. The summed E-state index contributed by atoms with van der Waals surface area (Å²) in [7, 11) is 0. The van der Waals surface area contributed by atoms with Gasteiger partial charge in [-0.2, -0.15) is 5.10 Å². The third-order valence-electron chi connectivity index (χ3n) is 5.00. The van der Waals surface area contributed by atoms with Gasteiger partial charge < -0.3 is 15.1 Å². The predicted octanol–water partition coefficient (Wildman–Crippen LogP) is 0.254. The Morgan fingerprint density at radius 3 is 2.78 bits per heavy atom. The highest BCUT2D eigenvalue weighted by atomic mass is 16.2. The molecule has 2 saturated heterocycles. The highest BCUT2D eigenvalue weighted by Gasteiger charge is 2.37. The van der Waals surface area contributed by atoms with Crippen molar-refractivity contribution in [3.63, 3.8) is 0 Å². The quantitative estimate of drug-likeness (QED) is 0.868. The Morgan fingerprint density at radius 2 is 2.09 bits per heavy atom. The molecule has 1 aromatic rings. The highest BCUT2D eigenvalue weighted by Crippen LogP contribution is 2.28. The van der Waals surface area contributed by atoms with Gasteiger partial charge in [-0.25, -0.2) is 0 Å². The molecule has 1 aliphatic carbocycles. The van der Waals surface area contributed by atoms with E-state index in [0.717, 1.165) is 38.8 Å². The summed E-state index contributed by atoms with van der Waals surface area (Å²) in [6, 6.07) is 2.52. The lowest BCUT2D eigenvalue weighted by Gasteiger charge is -2.34. The van der Waals surface area contributed by atoms with Gasteiger partial charge >= 0.3 is 0 Å². The monoisotopic (exact) mass is 317 g/mol. The van der Waals surface area contributed by atoms with Gasteiger partial charge in [0.25, 0.3) is 5.91 Å². The molecule has 1 aromatic heterocycles. The summed E-state index contributed by atoms with van der Waals surface area (Å²) in [4.78, 5) is 28.3. The van der Waals surface area contributed by atoms with Crippen LogP contribution >= 0.6 is 0 Å². The minimum absolute atomic E-state index is 0.0722. The zero-order valence-electron chi connectivity index (χ0n) is 13.3. The average Bonchev–Trinajstić information content (AvgIpc) is 3.30. The third kappa shape index (κ3) is 2.97. The normalized spacial score (nSPS) is 25.7. The molecule has 1 unspecified atom stereocenters. The molecule has 0 bridgehead atoms. The van der Waals surface area contributed by atoms with Crippen LogP contribution in [0.1, 0.15) is 42.2 Å². The van der Waals surface area contributed by atoms with Gasteiger partial charge in [-0.3, -0.25) is 14.3 Å². The Morgan fingerprint density at radius 1 is 1.22 bits per heavy atom. The van der Waals surface area contributed by atoms with Crippen LogP contribution in [0.2, 0.25) is 0 Å². The van der Waals surface area contributed by atoms with E-state index in [1.54, 1.807) is 11.0 Å². The lowest BCUT2D eigenvalue weighted by molar-refractivity contribution is -0.135. The van der Waals surface area contributed by atoms with E-state index in [9.17, 15) is 9.59 Å². The fourth-order valence-electron chi connectivity index (χ4n) is 3.51. The smallest absolute Gasteiger partial charge is 0.274 e. The van der Waals surface area contributed by atoms with Crippen molar-refractivity contribution in [3.8, 4) is 0 Å². The minimum Gasteiger partial charge on any atom is -0.336 e. The molecule has 0 radical (unpaired) electrons. The summed E-state index contributed by atoms with van der Waals surface area (Å²) < 4.78 is 1.89. The van der Waals surface area contributed by atoms with Crippen LogP contribution in [0, 0.1) is 0 Å². The van der Waals surface area contributed by atoms with E-state index < -0.39 is 0 Å². The summed E-state index contributed by atoms with van der Waals surface area (Å²) in [5.41, 5.74) is 0.447. The van der Waals surface area contributed by atoms with E-state index in [0.29, 0.717) is 30.9 Å². The SMILES string of the molecule is O=C(c1ccn(C2CCCNC2)n1)N1CCN(C2CC2)C(=O)C1. The number of nitrogens with one attached hydrogen (secondary N) is 1. The maximum Gasteiger partial charge on any atom is 0.274 e. The second kappa shape index (κ2) is 5.96. The first-order valence-corrected chi connectivity index (χ1v) is 8.57. The van der Waals surface area contributed by atoms with E-state index >= 15 is 0 Å². The van der Waals surface area contributed by atoms with E-state index in [2.05, 4.69) is 10.4 Å². The molecule has 4 rings (SSSR count). The molecule has 0 aromatic carbocycles. The maximum absolute atomic E-state index is 12.6. The highest BCUT2D eigenvalue weighted by molar-refractivity contribution is 5.95. The standard InChI is InChI=1S/C16H23N5O2/c22-15-11-19(8-9-20(15)12-3-4-12)16(23)14-5-7-21(18-14)13-2-1-6-17-10-13/h5,7,12-13,17H,1-4,6,8-11H2. The Kier molecular flexibility index (Phi) is 3.80. The van der Waals surface area contributed by atoms with Crippen molar-refractivity contribution < 1.29 is 9.59 Å². The molecule has 1 atom stereocenters. The van der Waals surface area contributed by atoms with Crippen LogP contribution in [-0.2, 0) is 4.79 Å². The molecular formula is C16H23N5O2. The number of amides is 2. The number of piperazine rings is 1. The zero-order valence-corrected chi connectivity index (χ0v) is 13.3. The van der Waals surface area contributed by atoms with E-state index in [4.69, 9.17) is 0 Å². The van der Waals surface area contributed by atoms with Crippen LogP contribution in [0.4, 0.5) is 0 Å². The number of nitrogens with zero attached hydrogens (tertiary/aromatic N) is 4. The Hall–Kier alpha value is -1.89. The van der Waals surface area contributed by atoms with Crippen molar-refractivity contribution in [2.45, 2.75) is 37.8 Å². The fraction of sp³-hybridized carbons (Fsp3) is 0.688. The number of carbonyl (C=O) groups is 2. The van der Waals surface area contributed by atoms with Crippen molar-refractivity contribution in [3.05, 3.63) is 18.0 Å². The summed E-state index contributed by atoms with van der Waals surface area (Å²) in [5.74, 6) is -0.0562. The molecule has 3 aliphatic rings. The van der Waals surface area contributed by atoms with Gasteiger partial charge in [-0.05, 0) is 38.3 Å². The topological polar surface area (TPSA) is 70.5 Å². The van der Waals surface area contributed by atoms with Crippen LogP contribution in [-0.4, -0.2) is 70.2 Å². The molecule has 0 spiro atoms. The largest absolute Gasteiger partial charge is 0.336 e. The first-order chi connectivity index (χ1) is 11.2. The lowest BCUT2D eigenvalue weighted by atomic mass is 10.1. The molecule has 3 fully saturated rings. The van der Waals surface area contributed by atoms with Crippen LogP contribution in [0.25, 0.3) is 0 Å². The van der Waals surface area contributed by atoms with Gasteiger partial charge in [0.2, 0.25) is 5.91 Å². The van der Waals surface area contributed by atoms with Crippen LogP contribution in [0.3, 0.4) is 0 Å². The minimum atomic E-state index is -0.128. The van der Waals surface area contributed by atoms with Gasteiger partial charge in [-0.15, -0.1) is 0 Å². The van der Waals surface area contributed by atoms with Gasteiger partial charge in [0, 0.05) is 31.9 Å². The van der Waals surface area contributed by atoms with E-state index in [-0.39, 0.29) is 18.4 Å². The van der Waals surface area contributed by atoms with Gasteiger partial charge in [0.15, 0.2) is 0 Å². The van der Waals surface area contributed by atoms with Crippen molar-refractivity contribution in [1.29, 1.82) is 0 Å². The van der Waals surface area contributed by atoms with Crippen LogP contribution in [0.15, 0.2) is 12.3 Å². The summed E-state index contributed by atoms with van der Waals surface area (Å²) in [6.07, 6.45) is 6.32. The molecule has 124 valence electrons. The summed E-state index contributed by atoms with van der Waals surface area (Å²) in [5, 5.41) is 7.82. The van der Waals surface area contributed by atoms with Crippen LogP contribution < -0.4 is 5.32 Å². The molecular weight excluding hydrogens is 294 g/mol. The van der Waals surface area contributed by atoms with Crippen molar-refractivity contribution in [2.75, 3.05) is 32.7 Å². The van der Waals surface area contributed by atoms with Gasteiger partial charge in [0.1, 0.15) is 12.2 Å². The number of hydrogen-bond donors (Lipinski definition) is 1. The molecule has 23 heavy (non-hydrogen) atoms. The molecule has 2 amide bonds. The zero-order chi connectivity index (χ0) is 15.8. The lowest BCUT2D eigenvalue weighted by Crippen LogP contribution is -2.53. The maximum atomic E-state index is 12.6. The van der Waals surface area contributed by atoms with Crippen molar-refractivity contribution in [2.24, 2.45) is 0 Å². The fourth-order valence-corrected chi connectivity index (χ4v) is 3.51. The summed E-state index contributed by atoms with van der Waals surface area (Å²) in [6.45, 7) is 3.40. The number of piperidine rings is 1. The Balaban J connectivity index is 1.41. The summed E-state index contributed by atoms with van der Waals surface area (Å²) >= 11 is 0. The Bertz CT molecular complexity index is 603. The molecule has 7 nitrogen and oxygen atoms in total. The molecule has 7 heteroatoms. The predicted molar refractivity (Wildman–Crippen MR) is 84.0 cm³/mol. The first-order valence-electron chi connectivity index (χ1n) is 8.57. The number of aromatic nitrogens is 2. The number of hydrogen-bond acceptors (Lipinski definition) is 4. The number of carbonyl (C=O) groups excluding carboxylic acids is 2. The van der Waals surface area contributed by atoms with Gasteiger partial charge in [0.05, 0.1) is 6.04 Å². The van der Waals surface area contributed by atoms with Crippen molar-refractivity contribution in [1.82, 2.24) is 24.9 Å². The van der Waals surface area contributed by atoms with E-state index in [1.807, 2.05) is 15.8 Å². The second-order valence-electron chi connectivity index (χ2n) is 6.73. The average molecular weight is 317 g/mol. The Labute approximate surface area is 135 Å². The molecule has 3 heterocycles. The molecule has 1 N–H and O–H groups in total. The van der Waals surface area contributed by atoms with Gasteiger partial charge in [-0.1, -0.05) is 0 Å². The molecule has 2 aliphatic heterocycles. The van der Waals surface area contributed by atoms with Crippen LogP contribution in [0.5, 0.6) is 0 Å². The number of rotatable bonds is 3. The molecule has 1 saturated carbocycles. The first kappa shape index (κ1) is 14.7. The van der Waals surface area contributed by atoms with E-state index in [1.165, 1.54) is 0 Å². The van der Waals surface area contributed by atoms with Crippen molar-refractivity contribution >= 4 is 11.8 Å².